The van der Waals surface area contributed by atoms with Crippen LogP contribution in [0.2, 0.25) is 0 Å². The van der Waals surface area contributed by atoms with Crippen molar-refractivity contribution in [1.29, 1.82) is 0 Å². The third-order valence-corrected chi connectivity index (χ3v) is 4.45. The van der Waals surface area contributed by atoms with Crippen LogP contribution in [-0.2, 0) is 11.0 Å². The molecule has 0 aliphatic heterocycles. The van der Waals surface area contributed by atoms with Gasteiger partial charge in [-0.25, -0.2) is 4.68 Å². The van der Waals surface area contributed by atoms with Gasteiger partial charge in [-0.3, -0.25) is 14.7 Å². The van der Waals surface area contributed by atoms with Gasteiger partial charge in [0.05, 0.1) is 28.9 Å². The minimum atomic E-state index is -4.53. The third kappa shape index (κ3) is 4.71. The average Bonchev–Trinajstić information content (AvgIpc) is 3.02. The lowest BCUT2D eigenvalue weighted by molar-refractivity contribution is -0.137. The molecule has 0 atom stereocenters. The van der Waals surface area contributed by atoms with Gasteiger partial charge in [-0.2, -0.15) is 13.2 Å². The Balaban J connectivity index is 2.06. The molecule has 0 radical (unpaired) electrons. The fraction of sp³-hybridized carbons (Fsp3) is 0.182. The van der Waals surface area contributed by atoms with Gasteiger partial charge in [-0.15, -0.1) is 0 Å². The first-order valence-corrected chi connectivity index (χ1v) is 9.22. The zero-order valence-electron chi connectivity index (χ0n) is 16.7. The molecule has 0 aliphatic rings. The van der Waals surface area contributed by atoms with E-state index in [1.807, 2.05) is 0 Å². The first kappa shape index (κ1) is 21.9. The molecule has 0 amide bonds. The molecule has 0 saturated carbocycles. The fourth-order valence-corrected chi connectivity index (χ4v) is 2.87. The predicted molar refractivity (Wildman–Crippen MR) is 109 cm³/mol. The molecule has 2 aromatic carbocycles. The number of nitrogens with one attached hydrogen (secondary N) is 1. The van der Waals surface area contributed by atoms with E-state index in [9.17, 15) is 22.8 Å². The van der Waals surface area contributed by atoms with Gasteiger partial charge in [-0.1, -0.05) is 25.6 Å². The highest BCUT2D eigenvalue weighted by Gasteiger charge is 2.30. The lowest BCUT2D eigenvalue weighted by Crippen LogP contribution is -2.34. The number of carbonyl (C=O) groups is 1. The topological polar surface area (TPSA) is 73.3 Å². The van der Waals surface area contributed by atoms with Crippen LogP contribution in [-0.4, -0.2) is 22.9 Å². The summed E-state index contributed by atoms with van der Waals surface area (Å²) in [5.74, 6) is 0.0939. The van der Waals surface area contributed by atoms with Crippen LogP contribution in [0, 0.1) is 0 Å². The number of alkyl halides is 3. The molecule has 3 rings (SSSR count). The maximum absolute atomic E-state index is 13.0. The van der Waals surface area contributed by atoms with Crippen molar-refractivity contribution in [1.82, 2.24) is 9.78 Å². The van der Waals surface area contributed by atoms with Gasteiger partial charge in [0.25, 0.3) is 5.56 Å². The number of benzene rings is 2. The van der Waals surface area contributed by atoms with Crippen LogP contribution < -0.4 is 25.6 Å². The summed E-state index contributed by atoms with van der Waals surface area (Å²) >= 11 is 0. The first-order chi connectivity index (χ1) is 14.6. The van der Waals surface area contributed by atoms with Crippen LogP contribution >= 0.6 is 0 Å². The summed E-state index contributed by atoms with van der Waals surface area (Å²) in [6.45, 7) is 5.44. The van der Waals surface area contributed by atoms with E-state index in [2.05, 4.69) is 11.7 Å². The Bertz CT molecular complexity index is 1290. The lowest BCUT2D eigenvalue weighted by atomic mass is 10.1. The van der Waals surface area contributed by atoms with Gasteiger partial charge >= 0.3 is 12.1 Å². The molecule has 0 aliphatic carbocycles. The summed E-state index contributed by atoms with van der Waals surface area (Å²) in [6, 6.07) is 9.11. The summed E-state index contributed by atoms with van der Waals surface area (Å²) < 4.78 is 50.4. The lowest BCUT2D eigenvalue weighted by Gasteiger charge is -2.09. The van der Waals surface area contributed by atoms with Gasteiger partial charge in [0.1, 0.15) is 0 Å². The quantitative estimate of drug-likeness (QED) is 0.497. The van der Waals surface area contributed by atoms with Crippen LogP contribution in [0.4, 0.5) is 13.2 Å². The molecule has 6 nitrogen and oxygen atoms in total. The number of esters is 1. The number of nitrogens with zero attached hydrogens (tertiary/aromatic N) is 1. The van der Waals surface area contributed by atoms with Crippen LogP contribution in [0.1, 0.15) is 24.5 Å². The Hall–Kier alpha value is -3.75. The molecule has 0 spiro atoms. The van der Waals surface area contributed by atoms with Gasteiger partial charge in [0.15, 0.2) is 11.5 Å². The highest BCUT2D eigenvalue weighted by molar-refractivity contribution is 5.73. The summed E-state index contributed by atoms with van der Waals surface area (Å²) in [4.78, 5) is 24.4. The van der Waals surface area contributed by atoms with E-state index in [1.165, 1.54) is 31.4 Å². The maximum Gasteiger partial charge on any atom is 0.416 e. The number of aromatic nitrogens is 2. The second kappa shape index (κ2) is 8.55. The number of carbonyl (C=O) groups excluding carboxylic acids is 1. The predicted octanol–water partition coefficient (Wildman–Crippen LogP) is 2.75. The normalized spacial score (nSPS) is 12.1. The minimum Gasteiger partial charge on any atom is -0.493 e. The number of aromatic amines is 1. The molecule has 0 bridgehead atoms. The Morgan fingerprint density at radius 2 is 1.94 bits per heavy atom. The Kier molecular flexibility index (Phi) is 6.05. The molecule has 9 heteroatoms. The molecule has 31 heavy (non-hydrogen) atoms. The number of methoxy groups -OCH3 is 1. The summed E-state index contributed by atoms with van der Waals surface area (Å²) in [7, 11) is 1.41. The molecular formula is C22H19F3N2O4. The first-order valence-electron chi connectivity index (χ1n) is 9.22. The highest BCUT2D eigenvalue weighted by atomic mass is 19.4. The second-order valence-corrected chi connectivity index (χ2v) is 6.57. The SMILES string of the molecule is C=c1[nH]n(-c2cccc(C(F)(F)F)c2)c(=O)c1=Cc1ccc(OC(=O)CC)c(OC)c1. The Labute approximate surface area is 174 Å². The summed E-state index contributed by atoms with van der Waals surface area (Å²) in [5.41, 5.74) is -0.858. The molecule has 1 N–H and O–H groups in total. The number of hydrogen-bond donors (Lipinski definition) is 1. The Morgan fingerprint density at radius 1 is 1.19 bits per heavy atom. The monoisotopic (exact) mass is 432 g/mol. The summed E-state index contributed by atoms with van der Waals surface area (Å²) in [5, 5.41) is 3.09. The van der Waals surface area contributed by atoms with Crippen molar-refractivity contribution in [3.63, 3.8) is 0 Å². The Morgan fingerprint density at radius 3 is 2.58 bits per heavy atom. The number of ether oxygens (including phenoxy) is 2. The van der Waals surface area contributed by atoms with Crippen molar-refractivity contribution in [3.8, 4) is 17.2 Å². The van der Waals surface area contributed by atoms with Gasteiger partial charge in [0.2, 0.25) is 0 Å². The molecule has 0 fully saturated rings. The van der Waals surface area contributed by atoms with Gasteiger partial charge in [0, 0.05) is 6.42 Å². The van der Waals surface area contributed by atoms with Crippen LogP contribution in [0.3, 0.4) is 0 Å². The van der Waals surface area contributed by atoms with Crippen molar-refractivity contribution in [2.45, 2.75) is 19.5 Å². The van der Waals surface area contributed by atoms with Crippen LogP contribution in [0.25, 0.3) is 18.3 Å². The number of hydrogen-bond acceptors (Lipinski definition) is 4. The van der Waals surface area contributed by atoms with E-state index in [-0.39, 0.29) is 34.2 Å². The van der Waals surface area contributed by atoms with E-state index in [4.69, 9.17) is 9.47 Å². The molecular weight excluding hydrogens is 413 g/mol. The third-order valence-electron chi connectivity index (χ3n) is 4.45. The number of halogens is 3. The van der Waals surface area contributed by atoms with Gasteiger partial charge < -0.3 is 9.47 Å². The number of rotatable bonds is 5. The van der Waals surface area contributed by atoms with Crippen LogP contribution in [0.5, 0.6) is 11.5 Å². The second-order valence-electron chi connectivity index (χ2n) is 6.57. The van der Waals surface area contributed by atoms with E-state index in [0.717, 1.165) is 16.8 Å². The standard InChI is InChI=1S/C22H19F3N2O4/c1-4-20(28)31-18-9-8-14(11-19(18)30-3)10-17-13(2)26-27(21(17)29)16-7-5-6-15(12-16)22(23,24)25/h5-12,26H,2,4H2,1,3H3. The highest BCUT2D eigenvalue weighted by Crippen LogP contribution is 2.30. The van der Waals surface area contributed by atoms with Crippen molar-refractivity contribution in [2.24, 2.45) is 0 Å². The van der Waals surface area contributed by atoms with E-state index >= 15 is 0 Å². The maximum atomic E-state index is 13.0. The smallest absolute Gasteiger partial charge is 0.416 e. The number of H-pyrrole nitrogens is 1. The molecule has 0 saturated heterocycles. The van der Waals surface area contributed by atoms with Crippen molar-refractivity contribution < 1.29 is 27.4 Å². The molecule has 3 aromatic rings. The van der Waals surface area contributed by atoms with Crippen molar-refractivity contribution >= 4 is 18.6 Å². The fourth-order valence-electron chi connectivity index (χ4n) is 2.87. The average molecular weight is 432 g/mol. The largest absolute Gasteiger partial charge is 0.493 e. The molecule has 162 valence electrons. The molecule has 1 heterocycles. The van der Waals surface area contributed by atoms with Crippen molar-refractivity contribution in [3.05, 3.63) is 74.5 Å². The van der Waals surface area contributed by atoms with E-state index in [0.29, 0.717) is 5.56 Å². The zero-order chi connectivity index (χ0) is 22.8. The van der Waals surface area contributed by atoms with Crippen LogP contribution in [0.15, 0.2) is 47.3 Å². The summed E-state index contributed by atoms with van der Waals surface area (Å²) in [6.07, 6.45) is -2.83. The van der Waals surface area contributed by atoms with E-state index < -0.39 is 23.3 Å². The molecule has 1 aromatic heterocycles. The van der Waals surface area contributed by atoms with Gasteiger partial charge in [-0.05, 0) is 42.0 Å². The van der Waals surface area contributed by atoms with E-state index in [1.54, 1.807) is 19.1 Å². The van der Waals surface area contributed by atoms with Crippen molar-refractivity contribution in [2.75, 3.05) is 7.11 Å². The minimum absolute atomic E-state index is 0.0313. The molecule has 0 unspecified atom stereocenters. The zero-order valence-corrected chi connectivity index (χ0v) is 16.7.